The average Bonchev–Trinajstić information content (AvgIpc) is 2.49. The maximum atomic E-state index is 12.4. The fourth-order valence-corrected chi connectivity index (χ4v) is 2.42. The molecular formula is C17H28N2O. The van der Waals surface area contributed by atoms with Crippen LogP contribution in [-0.2, 0) is 11.2 Å². The number of rotatable bonds is 8. The van der Waals surface area contributed by atoms with Crippen LogP contribution < -0.4 is 5.73 Å². The zero-order chi connectivity index (χ0) is 15.0. The van der Waals surface area contributed by atoms with E-state index in [9.17, 15) is 4.79 Å². The van der Waals surface area contributed by atoms with Gasteiger partial charge in [-0.05, 0) is 24.8 Å². The summed E-state index contributed by atoms with van der Waals surface area (Å²) in [5, 5.41) is 0. The van der Waals surface area contributed by atoms with Gasteiger partial charge in [0.25, 0.3) is 0 Å². The highest BCUT2D eigenvalue weighted by Crippen LogP contribution is 2.11. The van der Waals surface area contributed by atoms with E-state index in [1.807, 2.05) is 42.2 Å². The van der Waals surface area contributed by atoms with Crippen LogP contribution in [0.15, 0.2) is 30.3 Å². The van der Waals surface area contributed by atoms with E-state index in [2.05, 4.69) is 13.8 Å². The van der Waals surface area contributed by atoms with Crippen LogP contribution in [0.5, 0.6) is 0 Å². The van der Waals surface area contributed by atoms with Gasteiger partial charge in [-0.25, -0.2) is 0 Å². The molecule has 0 aromatic heterocycles. The highest BCUT2D eigenvalue weighted by Gasteiger charge is 2.21. The van der Waals surface area contributed by atoms with Gasteiger partial charge in [-0.1, -0.05) is 57.0 Å². The van der Waals surface area contributed by atoms with Crippen molar-refractivity contribution in [2.45, 2.75) is 46.1 Å². The number of carbonyl (C=O) groups excluding carboxylic acids is 1. The van der Waals surface area contributed by atoms with E-state index in [-0.39, 0.29) is 5.91 Å². The van der Waals surface area contributed by atoms with Crippen molar-refractivity contribution in [1.82, 2.24) is 4.90 Å². The molecule has 0 aliphatic heterocycles. The van der Waals surface area contributed by atoms with Gasteiger partial charge in [0.2, 0.25) is 5.91 Å². The Hall–Kier alpha value is -1.35. The molecule has 3 nitrogen and oxygen atoms in total. The standard InChI is InChI=1S/C17H28N2O/c1-4-14(5-2)13-19(6-3)17(20)16(18)12-15-10-8-7-9-11-15/h7-11,14,16H,4-6,12-13,18H2,1-3H3. The minimum absolute atomic E-state index is 0.0725. The van der Waals surface area contributed by atoms with Crippen molar-refractivity contribution >= 4 is 5.91 Å². The molecule has 0 fully saturated rings. The Balaban J connectivity index is 2.61. The van der Waals surface area contributed by atoms with Crippen LogP contribution in [0.1, 0.15) is 39.2 Å². The van der Waals surface area contributed by atoms with Gasteiger partial charge in [0, 0.05) is 13.1 Å². The van der Waals surface area contributed by atoms with Crippen LogP contribution in [0.25, 0.3) is 0 Å². The van der Waals surface area contributed by atoms with Crippen LogP contribution >= 0.6 is 0 Å². The van der Waals surface area contributed by atoms with Gasteiger partial charge in [-0.15, -0.1) is 0 Å². The topological polar surface area (TPSA) is 46.3 Å². The molecule has 0 saturated carbocycles. The number of hydrogen-bond acceptors (Lipinski definition) is 2. The predicted molar refractivity (Wildman–Crippen MR) is 84.4 cm³/mol. The van der Waals surface area contributed by atoms with Gasteiger partial charge in [-0.3, -0.25) is 4.79 Å². The van der Waals surface area contributed by atoms with E-state index in [0.717, 1.165) is 31.5 Å². The number of nitrogens with two attached hydrogens (primary N) is 1. The maximum Gasteiger partial charge on any atom is 0.239 e. The first-order chi connectivity index (χ1) is 9.62. The van der Waals surface area contributed by atoms with Gasteiger partial charge < -0.3 is 10.6 Å². The normalized spacial score (nSPS) is 12.4. The summed E-state index contributed by atoms with van der Waals surface area (Å²) >= 11 is 0. The Bertz CT molecular complexity index is 387. The largest absolute Gasteiger partial charge is 0.341 e. The lowest BCUT2D eigenvalue weighted by Crippen LogP contribution is -2.46. The second-order valence-electron chi connectivity index (χ2n) is 5.36. The maximum absolute atomic E-state index is 12.4. The van der Waals surface area contributed by atoms with Crippen molar-refractivity contribution < 1.29 is 4.79 Å². The molecule has 1 unspecified atom stereocenters. The lowest BCUT2D eigenvalue weighted by molar-refractivity contribution is -0.133. The molecule has 0 heterocycles. The van der Waals surface area contributed by atoms with Crippen molar-refractivity contribution in [3.8, 4) is 0 Å². The number of carbonyl (C=O) groups is 1. The van der Waals surface area contributed by atoms with Crippen LogP contribution in [-0.4, -0.2) is 29.9 Å². The predicted octanol–water partition coefficient (Wildman–Crippen LogP) is 2.84. The molecule has 0 aliphatic carbocycles. The summed E-state index contributed by atoms with van der Waals surface area (Å²) in [4.78, 5) is 14.4. The molecule has 1 rings (SSSR count). The van der Waals surface area contributed by atoms with E-state index in [4.69, 9.17) is 5.73 Å². The minimum Gasteiger partial charge on any atom is -0.341 e. The van der Waals surface area contributed by atoms with E-state index in [1.54, 1.807) is 0 Å². The summed E-state index contributed by atoms with van der Waals surface area (Å²) in [6.07, 6.45) is 2.82. The van der Waals surface area contributed by atoms with Crippen molar-refractivity contribution in [3.05, 3.63) is 35.9 Å². The van der Waals surface area contributed by atoms with Gasteiger partial charge in [0.05, 0.1) is 6.04 Å². The van der Waals surface area contributed by atoms with E-state index in [1.165, 1.54) is 0 Å². The first kappa shape index (κ1) is 16.7. The van der Waals surface area contributed by atoms with E-state index >= 15 is 0 Å². The average molecular weight is 276 g/mol. The molecule has 3 heteroatoms. The van der Waals surface area contributed by atoms with Crippen molar-refractivity contribution in [1.29, 1.82) is 0 Å². The summed E-state index contributed by atoms with van der Waals surface area (Å²) in [6, 6.07) is 9.53. The number of nitrogens with zero attached hydrogens (tertiary/aromatic N) is 1. The second-order valence-corrected chi connectivity index (χ2v) is 5.36. The van der Waals surface area contributed by atoms with Crippen LogP contribution in [0, 0.1) is 5.92 Å². The second kappa shape index (κ2) is 8.75. The summed E-state index contributed by atoms with van der Waals surface area (Å²) in [7, 11) is 0. The highest BCUT2D eigenvalue weighted by atomic mass is 16.2. The molecule has 2 N–H and O–H groups in total. The molecule has 0 radical (unpaired) electrons. The van der Waals surface area contributed by atoms with Crippen LogP contribution in [0.4, 0.5) is 0 Å². The third-order valence-electron chi connectivity index (χ3n) is 3.94. The lowest BCUT2D eigenvalue weighted by atomic mass is 10.0. The Morgan fingerprint density at radius 2 is 1.75 bits per heavy atom. The minimum atomic E-state index is -0.438. The summed E-state index contributed by atoms with van der Waals surface area (Å²) in [5.74, 6) is 0.645. The Labute approximate surface area is 123 Å². The Kier molecular flexibility index (Phi) is 7.31. The first-order valence-electron chi connectivity index (χ1n) is 7.70. The van der Waals surface area contributed by atoms with E-state index in [0.29, 0.717) is 12.3 Å². The van der Waals surface area contributed by atoms with Gasteiger partial charge in [0.1, 0.15) is 0 Å². The van der Waals surface area contributed by atoms with Gasteiger partial charge in [-0.2, -0.15) is 0 Å². The Morgan fingerprint density at radius 3 is 2.25 bits per heavy atom. The van der Waals surface area contributed by atoms with Crippen molar-refractivity contribution in [2.75, 3.05) is 13.1 Å². The quantitative estimate of drug-likeness (QED) is 0.793. The molecule has 0 spiro atoms. The monoisotopic (exact) mass is 276 g/mol. The van der Waals surface area contributed by atoms with Crippen molar-refractivity contribution in [2.24, 2.45) is 11.7 Å². The Morgan fingerprint density at radius 1 is 1.15 bits per heavy atom. The van der Waals surface area contributed by atoms with E-state index < -0.39 is 6.04 Å². The molecule has 1 amide bonds. The van der Waals surface area contributed by atoms with Gasteiger partial charge in [0.15, 0.2) is 0 Å². The molecular weight excluding hydrogens is 248 g/mol. The SMILES string of the molecule is CCC(CC)CN(CC)C(=O)C(N)Cc1ccccc1. The fraction of sp³-hybridized carbons (Fsp3) is 0.588. The molecule has 1 atom stereocenters. The number of hydrogen-bond donors (Lipinski definition) is 1. The summed E-state index contributed by atoms with van der Waals surface area (Å²) in [6.45, 7) is 7.94. The van der Waals surface area contributed by atoms with Crippen molar-refractivity contribution in [3.63, 3.8) is 0 Å². The smallest absolute Gasteiger partial charge is 0.239 e. The molecule has 0 aliphatic rings. The molecule has 1 aromatic carbocycles. The lowest BCUT2D eigenvalue weighted by Gasteiger charge is -2.28. The van der Waals surface area contributed by atoms with Gasteiger partial charge >= 0.3 is 0 Å². The summed E-state index contributed by atoms with van der Waals surface area (Å²) < 4.78 is 0. The number of likely N-dealkylation sites (N-methyl/N-ethyl adjacent to an activating group) is 1. The molecule has 0 saturated heterocycles. The zero-order valence-electron chi connectivity index (χ0n) is 13.0. The molecule has 1 aromatic rings. The highest BCUT2D eigenvalue weighted by molar-refractivity contribution is 5.82. The third kappa shape index (κ3) is 4.97. The van der Waals surface area contributed by atoms with Crippen LogP contribution in [0.3, 0.4) is 0 Å². The molecule has 112 valence electrons. The third-order valence-corrected chi connectivity index (χ3v) is 3.94. The fourth-order valence-electron chi connectivity index (χ4n) is 2.42. The number of amides is 1. The zero-order valence-corrected chi connectivity index (χ0v) is 13.0. The summed E-state index contributed by atoms with van der Waals surface area (Å²) in [5.41, 5.74) is 7.21. The molecule has 0 bridgehead atoms. The first-order valence-corrected chi connectivity index (χ1v) is 7.70. The molecule has 20 heavy (non-hydrogen) atoms. The van der Waals surface area contributed by atoms with Crippen LogP contribution in [0.2, 0.25) is 0 Å². The number of benzene rings is 1.